The third-order valence-corrected chi connectivity index (χ3v) is 17.3. The summed E-state index contributed by atoms with van der Waals surface area (Å²) in [5.74, 6) is 0. The van der Waals surface area contributed by atoms with E-state index in [9.17, 15) is 0 Å². The molecule has 0 atom stereocenters. The molecular formula is C80H52N6. The van der Waals surface area contributed by atoms with Gasteiger partial charge in [-0.15, -0.1) is 0 Å². The van der Waals surface area contributed by atoms with Crippen LogP contribution in [0.15, 0.2) is 316 Å². The molecule has 402 valence electrons. The van der Waals surface area contributed by atoms with Crippen molar-refractivity contribution >= 4 is 98.3 Å². The van der Waals surface area contributed by atoms with Crippen molar-refractivity contribution in [3.05, 3.63) is 316 Å². The van der Waals surface area contributed by atoms with Crippen LogP contribution >= 0.6 is 0 Å². The van der Waals surface area contributed by atoms with Crippen LogP contribution in [0.25, 0.3) is 154 Å². The summed E-state index contributed by atoms with van der Waals surface area (Å²) >= 11 is 0. The zero-order chi connectivity index (χ0) is 56.7. The normalized spacial score (nSPS) is 11.7. The van der Waals surface area contributed by atoms with Crippen LogP contribution in [0.3, 0.4) is 0 Å². The highest BCUT2D eigenvalue weighted by molar-refractivity contribution is 6.19. The molecule has 0 unspecified atom stereocenters. The highest BCUT2D eigenvalue weighted by atomic mass is 15.1. The smallest absolute Gasteiger partial charge is 0.145 e. The average Bonchev–Trinajstić information content (AvgIpc) is 1.78. The minimum atomic E-state index is 0.967. The summed E-state index contributed by atoms with van der Waals surface area (Å²) in [5.41, 5.74) is 20.6. The molecule has 0 aliphatic carbocycles. The molecular weight excluding hydrogens is 1040 g/mol. The summed E-state index contributed by atoms with van der Waals surface area (Å²) in [6, 6.07) is 108. The van der Waals surface area contributed by atoms with E-state index in [4.69, 9.17) is 9.97 Å². The van der Waals surface area contributed by atoms with E-state index in [1.54, 1.807) is 0 Å². The van der Waals surface area contributed by atoms with E-state index in [0.29, 0.717) is 0 Å². The molecule has 6 nitrogen and oxygen atoms in total. The number of benzene rings is 12. The number of para-hydroxylation sites is 6. The van der Waals surface area contributed by atoms with E-state index in [1.807, 2.05) is 12.4 Å². The van der Waals surface area contributed by atoms with Crippen LogP contribution in [0.4, 0.5) is 0 Å². The average molecular weight is 1100 g/mol. The molecule has 0 fully saturated rings. The second-order valence-corrected chi connectivity index (χ2v) is 22.1. The molecule has 0 saturated heterocycles. The van der Waals surface area contributed by atoms with Crippen LogP contribution in [0, 0.1) is 0 Å². The van der Waals surface area contributed by atoms with Gasteiger partial charge < -0.3 is 9.13 Å². The maximum Gasteiger partial charge on any atom is 0.145 e. The van der Waals surface area contributed by atoms with Crippen LogP contribution in [-0.4, -0.2) is 28.2 Å². The Morgan fingerprint density at radius 2 is 0.581 bits per heavy atom. The topological polar surface area (TPSA) is 45.5 Å². The van der Waals surface area contributed by atoms with Crippen molar-refractivity contribution in [2.75, 3.05) is 0 Å². The summed E-state index contributed by atoms with van der Waals surface area (Å²) in [4.78, 5) is 10.2. The van der Waals surface area contributed by atoms with Crippen molar-refractivity contribution in [1.82, 2.24) is 28.2 Å². The van der Waals surface area contributed by atoms with Crippen LogP contribution < -0.4 is 0 Å². The Kier molecular flexibility index (Phi) is 11.5. The van der Waals surface area contributed by atoms with E-state index < -0.39 is 0 Å². The van der Waals surface area contributed by atoms with Gasteiger partial charge in [0.1, 0.15) is 11.3 Å². The van der Waals surface area contributed by atoms with Gasteiger partial charge in [0.15, 0.2) is 0 Å². The van der Waals surface area contributed by atoms with Gasteiger partial charge in [-0.1, -0.05) is 206 Å². The third-order valence-electron chi connectivity index (χ3n) is 17.3. The predicted molar refractivity (Wildman–Crippen MR) is 360 cm³/mol. The van der Waals surface area contributed by atoms with E-state index in [0.717, 1.165) is 67.0 Å². The maximum absolute atomic E-state index is 5.12. The van der Waals surface area contributed by atoms with Gasteiger partial charge in [-0.3, -0.25) is 9.13 Å². The molecule has 18 aromatic rings. The van der Waals surface area contributed by atoms with Crippen LogP contribution in [-0.2, 0) is 0 Å². The van der Waals surface area contributed by atoms with Crippen molar-refractivity contribution in [1.29, 1.82) is 0 Å². The predicted octanol–water partition coefficient (Wildman–Crippen LogP) is 20.7. The minimum absolute atomic E-state index is 0.967. The Morgan fingerprint density at radius 1 is 0.209 bits per heavy atom. The molecule has 0 N–H and O–H groups in total. The van der Waals surface area contributed by atoms with Crippen molar-refractivity contribution in [2.45, 2.75) is 0 Å². The summed E-state index contributed by atoms with van der Waals surface area (Å²) in [6.07, 6.45) is 4.08. The molecule has 6 heterocycles. The fourth-order valence-electron chi connectivity index (χ4n) is 13.5. The molecule has 12 aromatic carbocycles. The molecule has 0 spiro atoms. The van der Waals surface area contributed by atoms with Crippen molar-refractivity contribution in [3.63, 3.8) is 0 Å². The standard InChI is InChI=1S/C41H27N3.C39H25N3/c1-3-12-28(13-4-1)29-22-24-32(25-23-29)43-38-20-10-8-17-35(38)40-33(18-11-21-39(40)43)30-26-36-34-16-7-9-19-37(34)44(41(36)42-27-30)31-14-5-2-6-15-31;1-2-13-29(14-3-1)42-35-18-8-6-15-32(35)34-24-28(25-40-39(34)42)31-17-10-20-37-38(31)33-16-7-9-19-36(33)41(37)30-22-21-26-11-4-5-12-27(26)23-30/h1-27H;1-25H. The molecule has 18 rings (SSSR count). The molecule has 0 radical (unpaired) electrons. The maximum atomic E-state index is 5.12. The lowest BCUT2D eigenvalue weighted by Gasteiger charge is -2.10. The van der Waals surface area contributed by atoms with Crippen LogP contribution in [0.2, 0.25) is 0 Å². The van der Waals surface area contributed by atoms with Crippen molar-refractivity contribution < 1.29 is 0 Å². The van der Waals surface area contributed by atoms with Gasteiger partial charge >= 0.3 is 0 Å². The van der Waals surface area contributed by atoms with E-state index >= 15 is 0 Å². The Bertz CT molecular complexity index is 5630. The number of hydrogen-bond acceptors (Lipinski definition) is 2. The number of nitrogens with zero attached hydrogens (tertiary/aromatic N) is 6. The summed E-state index contributed by atoms with van der Waals surface area (Å²) in [7, 11) is 0. The highest BCUT2D eigenvalue weighted by Crippen LogP contribution is 2.43. The molecule has 0 amide bonds. The zero-order valence-electron chi connectivity index (χ0n) is 46.7. The summed E-state index contributed by atoms with van der Waals surface area (Å²) in [6.45, 7) is 0. The lowest BCUT2D eigenvalue weighted by molar-refractivity contribution is 1.14. The van der Waals surface area contributed by atoms with E-state index in [2.05, 4.69) is 322 Å². The first-order valence-corrected chi connectivity index (χ1v) is 29.3. The zero-order valence-corrected chi connectivity index (χ0v) is 46.7. The summed E-state index contributed by atoms with van der Waals surface area (Å²) in [5, 5.41) is 12.2. The largest absolute Gasteiger partial charge is 0.309 e. The second-order valence-electron chi connectivity index (χ2n) is 22.1. The fourth-order valence-corrected chi connectivity index (χ4v) is 13.5. The van der Waals surface area contributed by atoms with E-state index in [1.165, 1.54) is 87.4 Å². The molecule has 0 saturated carbocycles. The number of aromatic nitrogens is 6. The minimum Gasteiger partial charge on any atom is -0.309 e. The van der Waals surface area contributed by atoms with Crippen molar-refractivity contribution in [3.8, 4) is 56.1 Å². The number of rotatable bonds is 7. The number of pyridine rings is 2. The number of fused-ring (bicyclic) bond motifs is 13. The number of hydrogen-bond donors (Lipinski definition) is 0. The molecule has 6 heteroatoms. The van der Waals surface area contributed by atoms with Gasteiger partial charge in [0.2, 0.25) is 0 Å². The summed E-state index contributed by atoms with van der Waals surface area (Å²) < 4.78 is 9.31. The Labute approximate surface area is 495 Å². The molecule has 0 aliphatic heterocycles. The Hall–Kier alpha value is -11.6. The molecule has 6 aromatic heterocycles. The lowest BCUT2D eigenvalue weighted by atomic mass is 9.99. The van der Waals surface area contributed by atoms with Gasteiger partial charge in [0, 0.05) is 89.4 Å². The van der Waals surface area contributed by atoms with Crippen molar-refractivity contribution in [2.24, 2.45) is 0 Å². The van der Waals surface area contributed by atoms with Crippen LogP contribution in [0.1, 0.15) is 0 Å². The van der Waals surface area contributed by atoms with Gasteiger partial charge in [0.05, 0.1) is 33.1 Å². The molecule has 0 aliphatic rings. The quantitative estimate of drug-likeness (QED) is 0.160. The van der Waals surface area contributed by atoms with Gasteiger partial charge in [-0.25, -0.2) is 9.97 Å². The first kappa shape index (κ1) is 49.0. The molecule has 0 bridgehead atoms. The fraction of sp³-hybridized carbons (Fsp3) is 0. The van der Waals surface area contributed by atoms with Crippen LogP contribution in [0.5, 0.6) is 0 Å². The second kappa shape index (κ2) is 20.1. The van der Waals surface area contributed by atoms with Gasteiger partial charge in [0.25, 0.3) is 0 Å². The lowest BCUT2D eigenvalue weighted by Crippen LogP contribution is -1.95. The monoisotopic (exact) mass is 1100 g/mol. The Morgan fingerprint density at radius 3 is 1.09 bits per heavy atom. The first-order valence-electron chi connectivity index (χ1n) is 29.3. The third kappa shape index (κ3) is 7.88. The highest BCUT2D eigenvalue weighted by Gasteiger charge is 2.22. The first-order chi connectivity index (χ1) is 42.7. The van der Waals surface area contributed by atoms with Gasteiger partial charge in [-0.2, -0.15) is 0 Å². The Balaban J connectivity index is 0.000000135. The van der Waals surface area contributed by atoms with Gasteiger partial charge in [-0.05, 0) is 130 Å². The van der Waals surface area contributed by atoms with E-state index in [-0.39, 0.29) is 0 Å². The SMILES string of the molecule is c1ccc(-c2ccc(-n3c4ccccc4c4c(-c5cnc6c(c5)c5ccccc5n6-c5ccccc5)cccc43)cc2)cc1.c1ccc(-n2c3ccccc3c3cc(-c4cccc5c4c4ccccc4n5-c4ccc5ccccc5c4)cnc32)cc1. The molecule has 86 heavy (non-hydrogen) atoms.